The van der Waals surface area contributed by atoms with Crippen molar-refractivity contribution in [2.24, 2.45) is 5.92 Å². The summed E-state index contributed by atoms with van der Waals surface area (Å²) in [5.74, 6) is 1.54. The Balaban J connectivity index is 1.99. The Labute approximate surface area is 125 Å². The number of nitro groups is 1. The van der Waals surface area contributed by atoms with Crippen molar-refractivity contribution in [3.05, 3.63) is 27.9 Å². The molecule has 1 aliphatic rings. The van der Waals surface area contributed by atoms with E-state index in [1.807, 2.05) is 6.92 Å². The molecule has 0 bridgehead atoms. The highest BCUT2D eigenvalue weighted by Gasteiger charge is 2.26. The molecule has 0 spiro atoms. The molecule has 6 heteroatoms. The number of hydrogen-bond acceptors (Lipinski definition) is 5. The molecule has 1 aromatic rings. The largest absolute Gasteiger partial charge is 0.356 e. The molecular formula is C15H24N4O2. The van der Waals surface area contributed by atoms with Gasteiger partial charge >= 0.3 is 0 Å². The smallest absolute Gasteiger partial charge is 0.287 e. The first-order chi connectivity index (χ1) is 10.0. The molecule has 0 radical (unpaired) electrons. The van der Waals surface area contributed by atoms with E-state index in [4.69, 9.17) is 0 Å². The van der Waals surface area contributed by atoms with Crippen LogP contribution in [0.3, 0.4) is 0 Å². The van der Waals surface area contributed by atoms with Gasteiger partial charge in [0.25, 0.3) is 5.69 Å². The fraction of sp³-hybridized carbons (Fsp3) is 0.667. The molecular weight excluding hydrogens is 268 g/mol. The van der Waals surface area contributed by atoms with E-state index in [1.54, 1.807) is 6.07 Å². The highest BCUT2D eigenvalue weighted by Crippen LogP contribution is 2.27. The number of anilines is 1. The monoisotopic (exact) mass is 292 g/mol. The molecule has 116 valence electrons. The van der Waals surface area contributed by atoms with Crippen molar-refractivity contribution < 1.29 is 4.92 Å². The van der Waals surface area contributed by atoms with Gasteiger partial charge in [-0.3, -0.25) is 10.1 Å². The summed E-state index contributed by atoms with van der Waals surface area (Å²) in [4.78, 5) is 19.3. The Morgan fingerprint density at radius 3 is 2.95 bits per heavy atom. The van der Waals surface area contributed by atoms with Crippen LogP contribution in [-0.4, -0.2) is 48.0 Å². The first-order valence-electron chi connectivity index (χ1n) is 7.55. The van der Waals surface area contributed by atoms with Crippen molar-refractivity contribution in [1.29, 1.82) is 0 Å². The van der Waals surface area contributed by atoms with Crippen LogP contribution in [-0.2, 0) is 0 Å². The van der Waals surface area contributed by atoms with E-state index in [1.165, 1.54) is 12.6 Å². The summed E-state index contributed by atoms with van der Waals surface area (Å²) < 4.78 is 0. The molecule has 6 nitrogen and oxygen atoms in total. The lowest BCUT2D eigenvalue weighted by atomic mass is 10.1. The average molecular weight is 292 g/mol. The Hall–Kier alpha value is -1.69. The minimum Gasteiger partial charge on any atom is -0.356 e. The van der Waals surface area contributed by atoms with Gasteiger partial charge < -0.3 is 9.80 Å². The van der Waals surface area contributed by atoms with Gasteiger partial charge in [-0.1, -0.05) is 6.92 Å². The summed E-state index contributed by atoms with van der Waals surface area (Å²) in [5, 5.41) is 10.8. The maximum absolute atomic E-state index is 10.8. The van der Waals surface area contributed by atoms with Crippen molar-refractivity contribution in [2.45, 2.75) is 26.7 Å². The predicted molar refractivity (Wildman–Crippen MR) is 83.7 cm³/mol. The molecule has 2 rings (SSSR count). The first kappa shape index (κ1) is 15.7. The molecule has 1 aliphatic heterocycles. The Kier molecular flexibility index (Phi) is 5.12. The van der Waals surface area contributed by atoms with Crippen LogP contribution in [0.5, 0.6) is 0 Å². The average Bonchev–Trinajstić information content (AvgIpc) is 2.86. The van der Waals surface area contributed by atoms with Crippen molar-refractivity contribution in [1.82, 2.24) is 9.88 Å². The van der Waals surface area contributed by atoms with Crippen LogP contribution in [0.25, 0.3) is 0 Å². The van der Waals surface area contributed by atoms with E-state index < -0.39 is 4.92 Å². The van der Waals surface area contributed by atoms with E-state index in [0.29, 0.717) is 5.92 Å². The molecule has 0 amide bonds. The molecule has 2 heterocycles. The summed E-state index contributed by atoms with van der Waals surface area (Å²) in [7, 11) is 2.17. The van der Waals surface area contributed by atoms with Gasteiger partial charge in [-0.15, -0.1) is 0 Å². The molecule has 0 saturated carbocycles. The fourth-order valence-corrected chi connectivity index (χ4v) is 3.07. The topological polar surface area (TPSA) is 62.5 Å². The van der Waals surface area contributed by atoms with Crippen LogP contribution >= 0.6 is 0 Å². The second-order valence-corrected chi connectivity index (χ2v) is 5.95. The highest BCUT2D eigenvalue weighted by molar-refractivity contribution is 5.51. The molecule has 0 N–H and O–H groups in total. The van der Waals surface area contributed by atoms with Crippen LogP contribution in [0.1, 0.15) is 25.3 Å². The molecule has 21 heavy (non-hydrogen) atoms. The molecule has 1 aromatic heterocycles. The SMILES string of the molecule is CCCN(C)C[C@H]1CCN(c2ncc([N+](=O)[O-])cc2C)C1. The Bertz CT molecular complexity index is 506. The minimum atomic E-state index is -0.393. The van der Waals surface area contributed by atoms with Crippen LogP contribution in [0.15, 0.2) is 12.3 Å². The number of hydrogen-bond donors (Lipinski definition) is 0. The molecule has 0 aromatic carbocycles. The van der Waals surface area contributed by atoms with Gasteiger partial charge in [0, 0.05) is 25.7 Å². The maximum Gasteiger partial charge on any atom is 0.287 e. The maximum atomic E-state index is 10.8. The predicted octanol–water partition coefficient (Wildman–Crippen LogP) is 2.47. The highest BCUT2D eigenvalue weighted by atomic mass is 16.6. The quantitative estimate of drug-likeness (QED) is 0.595. The summed E-state index contributed by atoms with van der Waals surface area (Å²) in [6, 6.07) is 1.61. The number of aryl methyl sites for hydroxylation is 1. The Morgan fingerprint density at radius 2 is 2.33 bits per heavy atom. The van der Waals surface area contributed by atoms with Gasteiger partial charge in [0.2, 0.25) is 0 Å². The summed E-state index contributed by atoms with van der Waals surface area (Å²) in [6.45, 7) is 8.30. The van der Waals surface area contributed by atoms with Gasteiger partial charge in [0.05, 0.1) is 4.92 Å². The van der Waals surface area contributed by atoms with Crippen LogP contribution < -0.4 is 4.90 Å². The van der Waals surface area contributed by atoms with E-state index in [0.717, 1.165) is 44.0 Å². The third-order valence-corrected chi connectivity index (χ3v) is 4.01. The first-order valence-corrected chi connectivity index (χ1v) is 7.55. The second kappa shape index (κ2) is 6.85. The number of pyridine rings is 1. The van der Waals surface area contributed by atoms with Gasteiger partial charge in [-0.05, 0) is 44.8 Å². The molecule has 1 saturated heterocycles. The van der Waals surface area contributed by atoms with Crippen molar-refractivity contribution in [3.8, 4) is 0 Å². The van der Waals surface area contributed by atoms with Crippen molar-refractivity contribution >= 4 is 11.5 Å². The zero-order chi connectivity index (χ0) is 15.4. The standard InChI is InChI=1S/C15H24N4O2/c1-4-6-17(3)10-13-5-7-18(11-13)15-12(2)8-14(9-16-15)19(20)21/h8-9,13H,4-7,10-11H2,1-3H3/t13-/m1/s1. The van der Waals surface area contributed by atoms with E-state index in [2.05, 4.69) is 28.8 Å². The molecule has 0 unspecified atom stereocenters. The van der Waals surface area contributed by atoms with Crippen LogP contribution in [0.2, 0.25) is 0 Å². The molecule has 1 fully saturated rings. The van der Waals surface area contributed by atoms with Gasteiger partial charge in [0.15, 0.2) is 0 Å². The second-order valence-electron chi connectivity index (χ2n) is 5.95. The van der Waals surface area contributed by atoms with E-state index >= 15 is 0 Å². The Morgan fingerprint density at radius 1 is 1.57 bits per heavy atom. The number of aromatic nitrogens is 1. The zero-order valence-electron chi connectivity index (χ0n) is 13.1. The fourth-order valence-electron chi connectivity index (χ4n) is 3.07. The lowest BCUT2D eigenvalue weighted by Crippen LogP contribution is -2.29. The van der Waals surface area contributed by atoms with E-state index in [-0.39, 0.29) is 5.69 Å². The van der Waals surface area contributed by atoms with Gasteiger partial charge in [-0.25, -0.2) is 4.98 Å². The molecule has 1 atom stereocenters. The molecule has 0 aliphatic carbocycles. The third-order valence-electron chi connectivity index (χ3n) is 4.01. The summed E-state index contributed by atoms with van der Waals surface area (Å²) in [5.41, 5.74) is 0.946. The number of rotatable bonds is 6. The normalized spacial score (nSPS) is 18.5. The zero-order valence-corrected chi connectivity index (χ0v) is 13.1. The van der Waals surface area contributed by atoms with Gasteiger partial charge in [0.1, 0.15) is 12.0 Å². The van der Waals surface area contributed by atoms with Crippen molar-refractivity contribution in [2.75, 3.05) is 38.1 Å². The van der Waals surface area contributed by atoms with Gasteiger partial charge in [-0.2, -0.15) is 0 Å². The lowest BCUT2D eigenvalue weighted by molar-refractivity contribution is -0.385. The van der Waals surface area contributed by atoms with E-state index in [9.17, 15) is 10.1 Å². The van der Waals surface area contributed by atoms with Crippen LogP contribution in [0.4, 0.5) is 11.5 Å². The number of nitrogens with zero attached hydrogens (tertiary/aromatic N) is 4. The summed E-state index contributed by atoms with van der Waals surface area (Å²) >= 11 is 0. The minimum absolute atomic E-state index is 0.0645. The third kappa shape index (κ3) is 3.91. The lowest BCUT2D eigenvalue weighted by Gasteiger charge is -2.22. The summed E-state index contributed by atoms with van der Waals surface area (Å²) in [6.07, 6.45) is 3.70. The van der Waals surface area contributed by atoms with Crippen molar-refractivity contribution in [3.63, 3.8) is 0 Å². The van der Waals surface area contributed by atoms with Crippen LogP contribution in [0, 0.1) is 23.0 Å².